The first kappa shape index (κ1) is 34.9. The van der Waals surface area contributed by atoms with E-state index in [4.69, 9.17) is 9.97 Å². The zero-order chi connectivity index (χ0) is 38.6. The zero-order valence-corrected chi connectivity index (χ0v) is 30.9. The molecule has 272 valence electrons. The first-order chi connectivity index (χ1) is 28.1. The van der Waals surface area contributed by atoms with Crippen molar-refractivity contribution in [2.45, 2.75) is 0 Å². The molecule has 8 aromatic carbocycles. The van der Waals surface area contributed by atoms with E-state index in [1.807, 2.05) is 24.3 Å². The summed E-state index contributed by atoms with van der Waals surface area (Å²) in [7, 11) is 0. The number of para-hydroxylation sites is 4. The predicted octanol–water partition coefficient (Wildman–Crippen LogP) is 13.3. The molecular weight excluding hydrogens is 701 g/mol. The quantitative estimate of drug-likeness (QED) is 0.151. The van der Waals surface area contributed by atoms with Crippen LogP contribution in [0.15, 0.2) is 212 Å². The van der Waals surface area contributed by atoms with Crippen LogP contribution in [-0.4, -0.2) is 21.0 Å². The van der Waals surface area contributed by atoms with Crippen molar-refractivity contribution < 1.29 is 9.90 Å². The van der Waals surface area contributed by atoms with Gasteiger partial charge < -0.3 is 14.9 Å². The standard InChI is InChI=1S/C51H36N4O2/c56-51(57)39-23-21-38(22-24-39)48-35-52-49-46(36-25-29-44(30-26-36)54(40-13-5-1-6-14-40)41-15-7-2-8-16-41)33-34-47(50(49)53-48)37-27-31-45(32-28-37)55(42-17-9-3-10-18-42)43-19-11-4-12-20-43/h1-35H,(H,56,57). The van der Waals surface area contributed by atoms with Gasteiger partial charge in [-0.25, -0.2) is 9.78 Å². The Morgan fingerprint density at radius 1 is 0.386 bits per heavy atom. The van der Waals surface area contributed by atoms with E-state index in [9.17, 15) is 9.90 Å². The van der Waals surface area contributed by atoms with Gasteiger partial charge in [0.05, 0.1) is 28.5 Å². The van der Waals surface area contributed by atoms with Crippen molar-refractivity contribution in [2.24, 2.45) is 0 Å². The third-order valence-corrected chi connectivity index (χ3v) is 10.1. The first-order valence-corrected chi connectivity index (χ1v) is 18.8. The summed E-state index contributed by atoms with van der Waals surface area (Å²) in [6, 6.07) is 69.5. The highest BCUT2D eigenvalue weighted by atomic mass is 16.4. The van der Waals surface area contributed by atoms with E-state index in [1.54, 1.807) is 30.5 Å². The number of nitrogens with zero attached hydrogens (tertiary/aromatic N) is 4. The summed E-state index contributed by atoms with van der Waals surface area (Å²) in [6.45, 7) is 0. The first-order valence-electron chi connectivity index (χ1n) is 18.8. The Labute approximate surface area is 331 Å². The van der Waals surface area contributed by atoms with Crippen LogP contribution in [0.2, 0.25) is 0 Å². The minimum absolute atomic E-state index is 0.220. The Kier molecular flexibility index (Phi) is 9.49. The van der Waals surface area contributed by atoms with Crippen molar-refractivity contribution in [1.29, 1.82) is 0 Å². The second-order valence-corrected chi connectivity index (χ2v) is 13.6. The predicted molar refractivity (Wildman–Crippen MR) is 232 cm³/mol. The number of benzene rings is 8. The van der Waals surface area contributed by atoms with Crippen LogP contribution in [0.25, 0.3) is 44.5 Å². The lowest BCUT2D eigenvalue weighted by atomic mass is 9.96. The average molecular weight is 737 g/mol. The molecule has 0 unspecified atom stereocenters. The molecule has 0 atom stereocenters. The van der Waals surface area contributed by atoms with Crippen molar-refractivity contribution in [3.8, 4) is 33.5 Å². The fourth-order valence-electron chi connectivity index (χ4n) is 7.27. The molecule has 1 N–H and O–H groups in total. The molecule has 0 saturated heterocycles. The number of aromatic nitrogens is 2. The molecule has 9 rings (SSSR count). The largest absolute Gasteiger partial charge is 0.478 e. The minimum Gasteiger partial charge on any atom is -0.478 e. The third kappa shape index (κ3) is 7.11. The molecule has 0 spiro atoms. The maximum absolute atomic E-state index is 11.6. The lowest BCUT2D eigenvalue weighted by molar-refractivity contribution is 0.0697. The van der Waals surface area contributed by atoms with Crippen molar-refractivity contribution >= 4 is 51.1 Å². The average Bonchev–Trinajstić information content (AvgIpc) is 3.28. The highest BCUT2D eigenvalue weighted by molar-refractivity contribution is 6.01. The summed E-state index contributed by atoms with van der Waals surface area (Å²) >= 11 is 0. The number of hydrogen-bond acceptors (Lipinski definition) is 5. The Morgan fingerprint density at radius 3 is 1.12 bits per heavy atom. The van der Waals surface area contributed by atoms with E-state index in [2.05, 4.69) is 168 Å². The van der Waals surface area contributed by atoms with Gasteiger partial charge in [-0.15, -0.1) is 0 Å². The molecule has 0 saturated carbocycles. The Hall–Kier alpha value is -7.83. The van der Waals surface area contributed by atoms with Crippen molar-refractivity contribution in [2.75, 3.05) is 9.80 Å². The summed E-state index contributed by atoms with van der Waals surface area (Å²) in [4.78, 5) is 26.4. The lowest BCUT2D eigenvalue weighted by Crippen LogP contribution is -2.09. The molecule has 1 heterocycles. The third-order valence-electron chi connectivity index (χ3n) is 10.1. The van der Waals surface area contributed by atoms with Crippen LogP contribution in [0.3, 0.4) is 0 Å². The van der Waals surface area contributed by atoms with Gasteiger partial charge in [0.1, 0.15) is 0 Å². The molecule has 9 aromatic rings. The molecule has 1 aromatic heterocycles. The minimum atomic E-state index is -0.971. The number of carbonyl (C=O) groups is 1. The smallest absolute Gasteiger partial charge is 0.335 e. The molecule has 6 heteroatoms. The van der Waals surface area contributed by atoms with Gasteiger partial charge in [-0.05, 0) is 96.1 Å². The maximum Gasteiger partial charge on any atom is 0.335 e. The molecule has 57 heavy (non-hydrogen) atoms. The number of rotatable bonds is 10. The lowest BCUT2D eigenvalue weighted by Gasteiger charge is -2.25. The Bertz CT molecular complexity index is 2700. The highest BCUT2D eigenvalue weighted by Gasteiger charge is 2.18. The maximum atomic E-state index is 11.6. The highest BCUT2D eigenvalue weighted by Crippen LogP contribution is 2.40. The summed E-state index contributed by atoms with van der Waals surface area (Å²) in [6.07, 6.45) is 1.77. The van der Waals surface area contributed by atoms with E-state index in [-0.39, 0.29) is 5.56 Å². The molecule has 0 aliphatic rings. The second kappa shape index (κ2) is 15.5. The molecular formula is C51H36N4O2. The molecule has 0 aliphatic heterocycles. The van der Waals surface area contributed by atoms with Crippen LogP contribution < -0.4 is 9.80 Å². The summed E-state index contributed by atoms with van der Waals surface area (Å²) < 4.78 is 0. The molecule has 0 aliphatic carbocycles. The fourth-order valence-corrected chi connectivity index (χ4v) is 7.27. The van der Waals surface area contributed by atoms with E-state index >= 15 is 0 Å². The van der Waals surface area contributed by atoms with Gasteiger partial charge >= 0.3 is 5.97 Å². The van der Waals surface area contributed by atoms with Crippen LogP contribution in [0.1, 0.15) is 10.4 Å². The van der Waals surface area contributed by atoms with Crippen LogP contribution in [-0.2, 0) is 0 Å². The van der Waals surface area contributed by atoms with Crippen LogP contribution in [0.4, 0.5) is 34.1 Å². The van der Waals surface area contributed by atoms with E-state index < -0.39 is 5.97 Å². The number of carboxylic acids is 1. The molecule has 0 fully saturated rings. The number of hydrogen-bond donors (Lipinski definition) is 1. The van der Waals surface area contributed by atoms with Gasteiger partial charge in [0.15, 0.2) is 0 Å². The summed E-state index contributed by atoms with van der Waals surface area (Å²) in [5.41, 5.74) is 13.5. The van der Waals surface area contributed by atoms with Gasteiger partial charge in [-0.2, -0.15) is 0 Å². The van der Waals surface area contributed by atoms with Gasteiger partial charge in [-0.3, -0.25) is 4.98 Å². The van der Waals surface area contributed by atoms with E-state index in [0.717, 1.165) is 73.0 Å². The van der Waals surface area contributed by atoms with E-state index in [0.29, 0.717) is 5.69 Å². The van der Waals surface area contributed by atoms with Gasteiger partial charge in [0.25, 0.3) is 0 Å². The molecule has 0 radical (unpaired) electrons. The van der Waals surface area contributed by atoms with Crippen molar-refractivity contribution in [1.82, 2.24) is 9.97 Å². The molecule has 6 nitrogen and oxygen atoms in total. The van der Waals surface area contributed by atoms with Crippen LogP contribution >= 0.6 is 0 Å². The number of aromatic carboxylic acids is 1. The molecule has 0 amide bonds. The number of anilines is 6. The topological polar surface area (TPSA) is 69.6 Å². The zero-order valence-electron chi connectivity index (χ0n) is 30.9. The Balaban J connectivity index is 1.14. The molecule has 0 bridgehead atoms. The Morgan fingerprint density at radius 2 is 0.737 bits per heavy atom. The normalized spacial score (nSPS) is 10.9. The summed E-state index contributed by atoms with van der Waals surface area (Å²) in [5, 5.41) is 9.50. The van der Waals surface area contributed by atoms with Gasteiger partial charge in [0, 0.05) is 50.8 Å². The summed E-state index contributed by atoms with van der Waals surface area (Å²) in [5.74, 6) is -0.971. The van der Waals surface area contributed by atoms with Gasteiger partial charge in [-0.1, -0.05) is 121 Å². The van der Waals surface area contributed by atoms with Crippen molar-refractivity contribution in [3.63, 3.8) is 0 Å². The van der Waals surface area contributed by atoms with Gasteiger partial charge in [0.2, 0.25) is 0 Å². The van der Waals surface area contributed by atoms with Crippen LogP contribution in [0, 0.1) is 0 Å². The second-order valence-electron chi connectivity index (χ2n) is 13.6. The number of carboxylic acid groups (broad SMARTS) is 1. The van der Waals surface area contributed by atoms with E-state index in [1.165, 1.54) is 0 Å². The number of fused-ring (bicyclic) bond motifs is 1. The fraction of sp³-hybridized carbons (Fsp3) is 0. The van der Waals surface area contributed by atoms with Crippen molar-refractivity contribution in [3.05, 3.63) is 218 Å². The SMILES string of the molecule is O=C(O)c1ccc(-c2cnc3c(-c4ccc(N(c5ccccc5)c5ccccc5)cc4)ccc(-c4ccc(N(c5ccccc5)c5ccccc5)cc4)c3n2)cc1. The van der Waals surface area contributed by atoms with Crippen LogP contribution in [0.5, 0.6) is 0 Å². The monoisotopic (exact) mass is 736 g/mol.